The van der Waals surface area contributed by atoms with Crippen LogP contribution >= 0.6 is 0 Å². The molecule has 0 aliphatic carbocycles. The van der Waals surface area contributed by atoms with Crippen molar-refractivity contribution in [2.75, 3.05) is 44.2 Å². The quantitative estimate of drug-likeness (QED) is 0.785. The number of likely N-dealkylation sites (tertiary alicyclic amines) is 1. The summed E-state index contributed by atoms with van der Waals surface area (Å²) in [5.74, 6) is 1.79. The van der Waals surface area contributed by atoms with E-state index >= 15 is 0 Å². The van der Waals surface area contributed by atoms with Gasteiger partial charge in [0.05, 0.1) is 11.6 Å². The zero-order valence-corrected chi connectivity index (χ0v) is 16.7. The average Bonchev–Trinajstić information content (AvgIpc) is 2.65. The summed E-state index contributed by atoms with van der Waals surface area (Å²) in [7, 11) is 0. The summed E-state index contributed by atoms with van der Waals surface area (Å²) in [5.41, 5.74) is -0.737. The summed E-state index contributed by atoms with van der Waals surface area (Å²) in [6, 6.07) is 2.31. The maximum absolute atomic E-state index is 12.9. The highest BCUT2D eigenvalue weighted by Gasteiger charge is 2.33. The molecule has 0 N–H and O–H groups in total. The van der Waals surface area contributed by atoms with Crippen molar-refractivity contribution in [2.45, 2.75) is 39.4 Å². The molecule has 2 fully saturated rings. The number of nitrogens with zero attached hydrogens (tertiary/aromatic N) is 4. The number of rotatable bonds is 3. The van der Waals surface area contributed by atoms with Crippen LogP contribution in [-0.2, 0) is 11.0 Å². The van der Waals surface area contributed by atoms with E-state index < -0.39 is 11.7 Å². The summed E-state index contributed by atoms with van der Waals surface area (Å²) in [6.07, 6.45) is -2.33. The highest BCUT2D eigenvalue weighted by molar-refractivity contribution is 5.81. The van der Waals surface area contributed by atoms with Crippen LogP contribution in [0.25, 0.3) is 0 Å². The van der Waals surface area contributed by atoms with Crippen molar-refractivity contribution < 1.29 is 18.0 Å². The highest BCUT2D eigenvalue weighted by Crippen LogP contribution is 2.29. The van der Waals surface area contributed by atoms with Crippen molar-refractivity contribution in [3.8, 4) is 0 Å². The number of hydrogen-bond acceptors (Lipinski definition) is 4. The van der Waals surface area contributed by atoms with E-state index in [0.29, 0.717) is 43.8 Å². The molecule has 3 heterocycles. The standard InChI is InChI=1S/C20H29F3N4O/c1-14-10-15(2)13-27(12-14)19(28)16(3)25-6-8-26(9-7-25)18-5-4-17(11-24-18)20(21,22)23/h4-5,11,14-16H,6-10,12-13H2,1-3H3/t14-,15-,16-/m1/s1. The largest absolute Gasteiger partial charge is 0.417 e. The second kappa shape index (κ2) is 8.27. The summed E-state index contributed by atoms with van der Waals surface area (Å²) >= 11 is 0. The van der Waals surface area contributed by atoms with Gasteiger partial charge in [-0.3, -0.25) is 9.69 Å². The number of aromatic nitrogens is 1. The number of alkyl halides is 3. The second-order valence-corrected chi connectivity index (χ2v) is 8.29. The van der Waals surface area contributed by atoms with Gasteiger partial charge in [-0.2, -0.15) is 13.2 Å². The smallest absolute Gasteiger partial charge is 0.354 e. The molecular weight excluding hydrogens is 369 g/mol. The fraction of sp³-hybridized carbons (Fsp3) is 0.700. The number of amides is 1. The minimum absolute atomic E-state index is 0.180. The predicted octanol–water partition coefficient (Wildman–Crippen LogP) is 3.12. The zero-order chi connectivity index (χ0) is 20.5. The molecule has 3 rings (SSSR count). The Morgan fingerprint density at radius 3 is 2.21 bits per heavy atom. The molecule has 2 aliphatic heterocycles. The van der Waals surface area contributed by atoms with Crippen LogP contribution in [-0.4, -0.2) is 66.0 Å². The number of carbonyl (C=O) groups is 1. The predicted molar refractivity (Wildman–Crippen MR) is 102 cm³/mol. The number of hydrogen-bond donors (Lipinski definition) is 0. The molecule has 0 spiro atoms. The summed E-state index contributed by atoms with van der Waals surface area (Å²) in [4.78, 5) is 23.0. The Morgan fingerprint density at radius 2 is 1.71 bits per heavy atom. The lowest BCUT2D eigenvalue weighted by molar-refractivity contribution is -0.139. The maximum atomic E-state index is 12.9. The van der Waals surface area contributed by atoms with Gasteiger partial charge in [0.2, 0.25) is 5.91 Å². The van der Waals surface area contributed by atoms with E-state index in [2.05, 4.69) is 23.7 Å². The third-order valence-corrected chi connectivity index (χ3v) is 5.80. The molecule has 1 amide bonds. The lowest BCUT2D eigenvalue weighted by Crippen LogP contribution is -2.56. The monoisotopic (exact) mass is 398 g/mol. The zero-order valence-electron chi connectivity index (χ0n) is 16.7. The molecule has 2 aliphatic rings. The lowest BCUT2D eigenvalue weighted by Gasteiger charge is -2.41. The van der Waals surface area contributed by atoms with Crippen LogP contribution < -0.4 is 4.90 Å². The van der Waals surface area contributed by atoms with Crippen LogP contribution in [0.1, 0.15) is 32.8 Å². The molecule has 0 unspecified atom stereocenters. The van der Waals surface area contributed by atoms with Crippen molar-refractivity contribution in [1.82, 2.24) is 14.8 Å². The van der Waals surface area contributed by atoms with Crippen LogP contribution in [0.3, 0.4) is 0 Å². The summed E-state index contributed by atoms with van der Waals surface area (Å²) in [5, 5.41) is 0. The topological polar surface area (TPSA) is 39.7 Å². The average molecular weight is 398 g/mol. The Balaban J connectivity index is 1.55. The molecule has 156 valence electrons. The Bertz CT molecular complexity index is 661. The molecule has 5 nitrogen and oxygen atoms in total. The van der Waals surface area contributed by atoms with E-state index in [1.54, 1.807) is 0 Å². The molecule has 0 aromatic carbocycles. The first-order valence-electron chi connectivity index (χ1n) is 9.96. The highest BCUT2D eigenvalue weighted by atomic mass is 19.4. The molecule has 1 aromatic heterocycles. The van der Waals surface area contributed by atoms with Crippen LogP contribution in [0.5, 0.6) is 0 Å². The van der Waals surface area contributed by atoms with Gasteiger partial charge in [0.25, 0.3) is 0 Å². The minimum Gasteiger partial charge on any atom is -0.354 e. The van der Waals surface area contributed by atoms with Gasteiger partial charge < -0.3 is 9.80 Å². The third kappa shape index (κ3) is 4.77. The van der Waals surface area contributed by atoms with E-state index in [1.807, 2.05) is 16.7 Å². The van der Waals surface area contributed by atoms with Crippen molar-refractivity contribution in [3.05, 3.63) is 23.9 Å². The van der Waals surface area contributed by atoms with Gasteiger partial charge >= 0.3 is 6.18 Å². The van der Waals surface area contributed by atoms with Crippen LogP contribution in [0.2, 0.25) is 0 Å². The lowest BCUT2D eigenvalue weighted by atomic mass is 9.91. The van der Waals surface area contributed by atoms with Crippen molar-refractivity contribution in [2.24, 2.45) is 11.8 Å². The molecule has 28 heavy (non-hydrogen) atoms. The van der Waals surface area contributed by atoms with E-state index in [0.717, 1.165) is 31.8 Å². The van der Waals surface area contributed by atoms with Gasteiger partial charge in [0, 0.05) is 45.5 Å². The maximum Gasteiger partial charge on any atom is 0.417 e. The first-order chi connectivity index (χ1) is 13.1. The number of piperazine rings is 1. The second-order valence-electron chi connectivity index (χ2n) is 8.29. The molecule has 0 saturated carbocycles. The number of piperidine rings is 1. The molecular formula is C20H29F3N4O. The molecule has 0 radical (unpaired) electrons. The number of carbonyl (C=O) groups excluding carboxylic acids is 1. The van der Waals surface area contributed by atoms with Crippen molar-refractivity contribution >= 4 is 11.7 Å². The van der Waals surface area contributed by atoms with E-state index in [4.69, 9.17) is 0 Å². The third-order valence-electron chi connectivity index (χ3n) is 5.80. The van der Waals surface area contributed by atoms with E-state index in [9.17, 15) is 18.0 Å². The molecule has 3 atom stereocenters. The van der Waals surface area contributed by atoms with Gasteiger partial charge in [-0.1, -0.05) is 13.8 Å². The van der Waals surface area contributed by atoms with Gasteiger partial charge in [0.15, 0.2) is 0 Å². The SMILES string of the molecule is C[C@@H]1C[C@@H](C)CN(C(=O)[C@@H](C)N2CCN(c3ccc(C(F)(F)F)cn3)CC2)C1. The minimum atomic E-state index is -4.37. The van der Waals surface area contributed by atoms with Gasteiger partial charge in [0.1, 0.15) is 5.82 Å². The van der Waals surface area contributed by atoms with Crippen molar-refractivity contribution in [3.63, 3.8) is 0 Å². The molecule has 1 aromatic rings. The Hall–Kier alpha value is -1.83. The van der Waals surface area contributed by atoms with Crippen LogP contribution in [0, 0.1) is 11.8 Å². The Labute approximate surface area is 164 Å². The molecule has 0 bridgehead atoms. The van der Waals surface area contributed by atoms with E-state index in [-0.39, 0.29) is 11.9 Å². The fourth-order valence-corrected chi connectivity index (χ4v) is 4.34. The normalized spacial score (nSPS) is 25.6. The van der Waals surface area contributed by atoms with Crippen molar-refractivity contribution in [1.29, 1.82) is 0 Å². The number of pyridine rings is 1. The Kier molecular flexibility index (Phi) is 6.17. The number of anilines is 1. The summed E-state index contributed by atoms with van der Waals surface area (Å²) in [6.45, 7) is 10.6. The first-order valence-corrected chi connectivity index (χ1v) is 9.96. The fourth-order valence-electron chi connectivity index (χ4n) is 4.34. The Morgan fingerprint density at radius 1 is 1.11 bits per heavy atom. The molecule has 8 heteroatoms. The van der Waals surface area contributed by atoms with E-state index in [1.165, 1.54) is 6.07 Å². The van der Waals surface area contributed by atoms with Gasteiger partial charge in [-0.05, 0) is 37.3 Å². The van der Waals surface area contributed by atoms with Gasteiger partial charge in [-0.15, -0.1) is 0 Å². The molecule has 2 saturated heterocycles. The van der Waals surface area contributed by atoms with Crippen LogP contribution in [0.4, 0.5) is 19.0 Å². The number of halogens is 3. The summed E-state index contributed by atoms with van der Waals surface area (Å²) < 4.78 is 38.0. The first kappa shape index (κ1) is 20.9. The van der Waals surface area contributed by atoms with Crippen LogP contribution in [0.15, 0.2) is 18.3 Å². The van der Waals surface area contributed by atoms with Gasteiger partial charge in [-0.25, -0.2) is 4.98 Å².